The molecule has 2 fully saturated rings. The Morgan fingerprint density at radius 2 is 2.19 bits per heavy atom. The van der Waals surface area contributed by atoms with Gasteiger partial charge < -0.3 is 14.2 Å². The minimum atomic E-state index is 0.0795. The van der Waals surface area contributed by atoms with Gasteiger partial charge >= 0.3 is 0 Å². The maximum absolute atomic E-state index is 12.9. The number of carbonyl (C=O) groups excluding carboxylic acids is 1. The van der Waals surface area contributed by atoms with Crippen LogP contribution in [0, 0.1) is 19.3 Å². The third-order valence-corrected chi connectivity index (χ3v) is 5.40. The van der Waals surface area contributed by atoms with Crippen LogP contribution in [0.2, 0.25) is 0 Å². The van der Waals surface area contributed by atoms with Crippen LogP contribution in [-0.4, -0.2) is 41.8 Å². The summed E-state index contributed by atoms with van der Waals surface area (Å²) in [7, 11) is 1.79. The van der Waals surface area contributed by atoms with E-state index in [-0.39, 0.29) is 11.3 Å². The summed E-state index contributed by atoms with van der Waals surface area (Å²) >= 11 is 0. The molecule has 0 radical (unpaired) electrons. The molecule has 1 saturated heterocycles. The van der Waals surface area contributed by atoms with Gasteiger partial charge in [-0.05, 0) is 44.9 Å². The summed E-state index contributed by atoms with van der Waals surface area (Å²) in [6.45, 7) is 6.76. The lowest BCUT2D eigenvalue weighted by molar-refractivity contribution is -0.00281. The van der Waals surface area contributed by atoms with Crippen LogP contribution in [0.15, 0.2) is 4.52 Å². The van der Waals surface area contributed by atoms with Gasteiger partial charge in [0, 0.05) is 19.7 Å². The van der Waals surface area contributed by atoms with Crippen LogP contribution in [0.4, 0.5) is 0 Å². The van der Waals surface area contributed by atoms with Gasteiger partial charge in [-0.3, -0.25) is 4.79 Å². The van der Waals surface area contributed by atoms with Crippen LogP contribution in [0.3, 0.4) is 0 Å². The fourth-order valence-electron chi connectivity index (χ4n) is 4.16. The number of amides is 1. The van der Waals surface area contributed by atoms with E-state index in [1.54, 1.807) is 7.11 Å². The van der Waals surface area contributed by atoms with E-state index in [4.69, 9.17) is 9.26 Å². The number of likely N-dealkylation sites (tertiary alicyclic amines) is 1. The molecule has 1 aromatic rings. The Hall–Kier alpha value is -1.36. The molecule has 1 aliphatic heterocycles. The Morgan fingerprint density at radius 3 is 2.81 bits per heavy atom. The van der Waals surface area contributed by atoms with E-state index in [1.807, 2.05) is 18.7 Å². The molecule has 5 heteroatoms. The average molecular weight is 292 g/mol. The van der Waals surface area contributed by atoms with E-state index in [0.717, 1.165) is 32.2 Å². The van der Waals surface area contributed by atoms with E-state index in [1.165, 1.54) is 0 Å². The predicted octanol–water partition coefficient (Wildman–Crippen LogP) is 2.71. The molecular weight excluding hydrogens is 268 g/mol. The number of nitrogens with zero attached hydrogens (tertiary/aromatic N) is 2. The number of rotatable bonds is 2. The van der Waals surface area contributed by atoms with Gasteiger partial charge in [0.1, 0.15) is 11.3 Å². The second-order valence-corrected chi connectivity index (χ2v) is 6.76. The summed E-state index contributed by atoms with van der Waals surface area (Å²) in [5.41, 5.74) is 1.51. The van der Waals surface area contributed by atoms with Crippen molar-refractivity contribution in [2.24, 2.45) is 5.41 Å². The molecule has 1 aliphatic carbocycles. The highest BCUT2D eigenvalue weighted by Crippen LogP contribution is 2.47. The first kappa shape index (κ1) is 14.6. The number of fused-ring (bicyclic) bond motifs is 1. The van der Waals surface area contributed by atoms with Gasteiger partial charge in [0.05, 0.1) is 11.8 Å². The molecule has 5 nitrogen and oxygen atoms in total. The molecule has 116 valence electrons. The molecule has 3 rings (SSSR count). The van der Waals surface area contributed by atoms with Crippen LogP contribution < -0.4 is 0 Å². The minimum absolute atomic E-state index is 0.0795. The monoisotopic (exact) mass is 292 g/mol. The van der Waals surface area contributed by atoms with E-state index in [2.05, 4.69) is 12.1 Å². The first-order valence-electron chi connectivity index (χ1n) is 7.73. The number of hydrogen-bond donors (Lipinski definition) is 0. The van der Waals surface area contributed by atoms with Gasteiger partial charge in [0.15, 0.2) is 0 Å². The molecule has 0 bridgehead atoms. The first-order valence-corrected chi connectivity index (χ1v) is 7.73. The Morgan fingerprint density at radius 1 is 1.43 bits per heavy atom. The number of aromatic nitrogens is 1. The smallest absolute Gasteiger partial charge is 0.259 e. The van der Waals surface area contributed by atoms with Crippen molar-refractivity contribution < 1.29 is 14.1 Å². The summed E-state index contributed by atoms with van der Waals surface area (Å²) in [6.07, 6.45) is 4.47. The quantitative estimate of drug-likeness (QED) is 0.841. The predicted molar refractivity (Wildman–Crippen MR) is 78.2 cm³/mol. The fraction of sp³-hybridized carbons (Fsp3) is 0.750. The van der Waals surface area contributed by atoms with Crippen LogP contribution in [0.1, 0.15) is 54.4 Å². The summed E-state index contributed by atoms with van der Waals surface area (Å²) < 4.78 is 10.7. The van der Waals surface area contributed by atoms with Crippen molar-refractivity contribution in [1.82, 2.24) is 10.1 Å². The van der Waals surface area contributed by atoms with Gasteiger partial charge in [0.2, 0.25) is 0 Å². The maximum atomic E-state index is 12.9. The van der Waals surface area contributed by atoms with E-state index < -0.39 is 0 Å². The van der Waals surface area contributed by atoms with Crippen LogP contribution in [0.5, 0.6) is 0 Å². The Labute approximate surface area is 125 Å². The van der Waals surface area contributed by atoms with Crippen molar-refractivity contribution in [3.05, 3.63) is 17.0 Å². The highest BCUT2D eigenvalue weighted by molar-refractivity contribution is 5.96. The molecule has 2 aliphatic rings. The second-order valence-electron chi connectivity index (χ2n) is 6.76. The summed E-state index contributed by atoms with van der Waals surface area (Å²) in [5, 5.41) is 3.91. The SMILES string of the molecule is CO[C@@H]1CC[C@H]2N(C(=O)c3c(C)noc3C)CC[C@@]2(C)C1. The van der Waals surface area contributed by atoms with E-state index in [9.17, 15) is 4.79 Å². The van der Waals surface area contributed by atoms with Crippen molar-refractivity contribution in [1.29, 1.82) is 0 Å². The van der Waals surface area contributed by atoms with Crippen LogP contribution >= 0.6 is 0 Å². The lowest BCUT2D eigenvalue weighted by Crippen LogP contribution is -2.46. The normalized spacial score (nSPS) is 32.3. The topological polar surface area (TPSA) is 55.6 Å². The third-order valence-electron chi connectivity index (χ3n) is 5.40. The molecule has 1 saturated carbocycles. The number of carbonyl (C=O) groups is 1. The van der Waals surface area contributed by atoms with Crippen molar-refractivity contribution in [2.45, 2.75) is 58.6 Å². The van der Waals surface area contributed by atoms with E-state index >= 15 is 0 Å². The molecule has 0 aromatic carbocycles. The van der Waals surface area contributed by atoms with Gasteiger partial charge in [-0.25, -0.2) is 0 Å². The van der Waals surface area contributed by atoms with Gasteiger partial charge in [0.25, 0.3) is 5.91 Å². The third kappa shape index (κ3) is 2.27. The lowest BCUT2D eigenvalue weighted by atomic mass is 9.71. The average Bonchev–Trinajstić information content (AvgIpc) is 2.97. The highest BCUT2D eigenvalue weighted by atomic mass is 16.5. The second kappa shape index (κ2) is 5.13. The Bertz CT molecular complexity index is 534. The first-order chi connectivity index (χ1) is 9.96. The molecule has 0 spiro atoms. The molecule has 0 N–H and O–H groups in total. The van der Waals surface area contributed by atoms with Gasteiger partial charge in [-0.1, -0.05) is 12.1 Å². The highest BCUT2D eigenvalue weighted by Gasteiger charge is 2.49. The number of ether oxygens (including phenoxy) is 1. The zero-order valence-electron chi connectivity index (χ0n) is 13.3. The summed E-state index contributed by atoms with van der Waals surface area (Å²) in [6, 6.07) is 0.310. The molecule has 2 heterocycles. The number of aryl methyl sites for hydroxylation is 2. The Balaban J connectivity index is 1.84. The van der Waals surface area contributed by atoms with Crippen LogP contribution in [-0.2, 0) is 4.74 Å². The largest absolute Gasteiger partial charge is 0.381 e. The Kier molecular flexibility index (Phi) is 3.56. The number of hydrogen-bond acceptors (Lipinski definition) is 4. The number of methoxy groups -OCH3 is 1. The van der Waals surface area contributed by atoms with E-state index in [0.29, 0.717) is 29.2 Å². The molecule has 1 aromatic heterocycles. The molecule has 1 amide bonds. The zero-order valence-corrected chi connectivity index (χ0v) is 13.3. The van der Waals surface area contributed by atoms with Gasteiger partial charge in [-0.2, -0.15) is 0 Å². The summed E-state index contributed by atoms with van der Waals surface area (Å²) in [5.74, 6) is 0.701. The lowest BCUT2D eigenvalue weighted by Gasteiger charge is -2.42. The molecule has 3 atom stereocenters. The molecule has 0 unspecified atom stereocenters. The van der Waals surface area contributed by atoms with Gasteiger partial charge in [-0.15, -0.1) is 0 Å². The molecular formula is C16H24N2O3. The van der Waals surface area contributed by atoms with Crippen LogP contribution in [0.25, 0.3) is 0 Å². The van der Waals surface area contributed by atoms with Crippen molar-refractivity contribution in [3.8, 4) is 0 Å². The zero-order chi connectivity index (χ0) is 15.2. The van der Waals surface area contributed by atoms with Crippen molar-refractivity contribution in [2.75, 3.05) is 13.7 Å². The minimum Gasteiger partial charge on any atom is -0.381 e. The van der Waals surface area contributed by atoms with Crippen molar-refractivity contribution >= 4 is 5.91 Å². The fourth-order valence-corrected chi connectivity index (χ4v) is 4.16. The van der Waals surface area contributed by atoms with Crippen molar-refractivity contribution in [3.63, 3.8) is 0 Å². The maximum Gasteiger partial charge on any atom is 0.259 e. The molecule has 21 heavy (non-hydrogen) atoms. The summed E-state index contributed by atoms with van der Waals surface area (Å²) in [4.78, 5) is 14.9. The standard InChI is InChI=1S/C16H24N2O3/c1-10-14(11(2)21-17-10)15(19)18-8-7-16(3)9-12(20-4)5-6-13(16)18/h12-13H,5-9H2,1-4H3/t12-,13-,16+/m1/s1.